The lowest BCUT2D eigenvalue weighted by Crippen LogP contribution is -2.50. The van der Waals surface area contributed by atoms with Crippen LogP contribution in [0.25, 0.3) is 0 Å². The summed E-state index contributed by atoms with van der Waals surface area (Å²) in [6.07, 6.45) is 0.736. The third kappa shape index (κ3) is 6.91. The molecular formula is C17H24N2O6S. The standard InChI is InChI=1S/C17H24N2O6S/c1-26(23,24)11-13-9-14(18-16(20)21)7-8-15(13)19-17(22)25-10-12-5-3-2-4-6-12/h2-6,13-15,18H,7-11H2,1H3,(H,19,22)(H,20,21). The SMILES string of the molecule is CS(=O)(=O)CC1CC(NC(=O)O)CCC1NC(=O)OCc1ccccc1. The van der Waals surface area contributed by atoms with E-state index >= 15 is 0 Å². The zero-order chi connectivity index (χ0) is 19.2. The highest BCUT2D eigenvalue weighted by atomic mass is 32.2. The molecule has 1 aromatic carbocycles. The predicted octanol–water partition coefficient (Wildman–Crippen LogP) is 1.76. The number of ether oxygens (including phenoxy) is 1. The summed E-state index contributed by atoms with van der Waals surface area (Å²) in [6, 6.07) is 8.52. The Labute approximate surface area is 152 Å². The van der Waals surface area contributed by atoms with E-state index in [1.165, 1.54) is 0 Å². The average molecular weight is 384 g/mol. The van der Waals surface area contributed by atoms with Crippen LogP contribution in [0.5, 0.6) is 0 Å². The summed E-state index contributed by atoms with van der Waals surface area (Å²) in [5, 5.41) is 14.0. The van der Waals surface area contributed by atoms with Crippen LogP contribution in [-0.2, 0) is 21.2 Å². The normalized spacial score (nSPS) is 23.0. The van der Waals surface area contributed by atoms with Crippen LogP contribution in [0.1, 0.15) is 24.8 Å². The summed E-state index contributed by atoms with van der Waals surface area (Å²) in [5.41, 5.74) is 0.852. The van der Waals surface area contributed by atoms with E-state index in [1.807, 2.05) is 30.3 Å². The van der Waals surface area contributed by atoms with Gasteiger partial charge in [0.25, 0.3) is 0 Å². The van der Waals surface area contributed by atoms with Gasteiger partial charge < -0.3 is 20.5 Å². The number of amides is 2. The first kappa shape index (κ1) is 20.0. The van der Waals surface area contributed by atoms with Gasteiger partial charge in [-0.25, -0.2) is 18.0 Å². The Morgan fingerprint density at radius 2 is 1.88 bits per heavy atom. The number of carbonyl (C=O) groups excluding carboxylic acids is 1. The molecule has 1 aromatic rings. The van der Waals surface area contributed by atoms with Crippen LogP contribution in [0.3, 0.4) is 0 Å². The largest absolute Gasteiger partial charge is 0.465 e. The Kier molecular flexibility index (Phi) is 6.84. The van der Waals surface area contributed by atoms with E-state index < -0.39 is 22.0 Å². The maximum Gasteiger partial charge on any atom is 0.407 e. The first-order valence-corrected chi connectivity index (χ1v) is 10.4. The Balaban J connectivity index is 1.93. The smallest absolute Gasteiger partial charge is 0.407 e. The predicted molar refractivity (Wildman–Crippen MR) is 95.6 cm³/mol. The van der Waals surface area contributed by atoms with E-state index in [4.69, 9.17) is 9.84 Å². The van der Waals surface area contributed by atoms with Gasteiger partial charge in [-0.3, -0.25) is 0 Å². The van der Waals surface area contributed by atoms with Gasteiger partial charge in [0.2, 0.25) is 0 Å². The molecule has 3 atom stereocenters. The molecule has 9 heteroatoms. The van der Waals surface area contributed by atoms with Crippen molar-refractivity contribution in [3.8, 4) is 0 Å². The minimum absolute atomic E-state index is 0.117. The minimum atomic E-state index is -3.27. The first-order chi connectivity index (χ1) is 12.2. The molecule has 144 valence electrons. The van der Waals surface area contributed by atoms with Gasteiger partial charge in [0.15, 0.2) is 0 Å². The van der Waals surface area contributed by atoms with Crippen molar-refractivity contribution < 1.29 is 27.9 Å². The number of carbonyl (C=O) groups is 2. The number of rotatable bonds is 6. The fourth-order valence-electron chi connectivity index (χ4n) is 3.25. The molecule has 0 bridgehead atoms. The highest BCUT2D eigenvalue weighted by Crippen LogP contribution is 2.26. The fourth-order valence-corrected chi connectivity index (χ4v) is 4.40. The topological polar surface area (TPSA) is 122 Å². The quantitative estimate of drug-likeness (QED) is 0.687. The van der Waals surface area contributed by atoms with E-state index in [1.54, 1.807) is 0 Å². The molecular weight excluding hydrogens is 360 g/mol. The molecule has 2 amide bonds. The Hall–Kier alpha value is -2.29. The average Bonchev–Trinajstić information content (AvgIpc) is 2.54. The van der Waals surface area contributed by atoms with Gasteiger partial charge in [0.05, 0.1) is 5.75 Å². The molecule has 0 saturated heterocycles. The molecule has 1 aliphatic carbocycles. The molecule has 1 saturated carbocycles. The molecule has 0 aromatic heterocycles. The fraction of sp³-hybridized carbons (Fsp3) is 0.529. The number of sulfone groups is 1. The minimum Gasteiger partial charge on any atom is -0.465 e. The monoisotopic (exact) mass is 384 g/mol. The van der Waals surface area contributed by atoms with Gasteiger partial charge in [-0.05, 0) is 30.7 Å². The second-order valence-electron chi connectivity index (χ2n) is 6.62. The summed E-state index contributed by atoms with van der Waals surface area (Å²) in [5.74, 6) is -0.492. The Bertz CT molecular complexity index is 722. The van der Waals surface area contributed by atoms with Crippen LogP contribution in [0.15, 0.2) is 30.3 Å². The lowest BCUT2D eigenvalue weighted by Gasteiger charge is -2.35. The number of hydrogen-bond donors (Lipinski definition) is 3. The van der Waals surface area contributed by atoms with Crippen molar-refractivity contribution in [1.82, 2.24) is 10.6 Å². The van der Waals surface area contributed by atoms with E-state index in [-0.39, 0.29) is 30.4 Å². The van der Waals surface area contributed by atoms with Crippen LogP contribution in [-0.4, -0.2) is 49.8 Å². The third-order valence-corrected chi connectivity index (χ3v) is 5.38. The second kappa shape index (κ2) is 8.88. The Morgan fingerprint density at radius 1 is 1.19 bits per heavy atom. The van der Waals surface area contributed by atoms with Gasteiger partial charge in [-0.1, -0.05) is 30.3 Å². The third-order valence-electron chi connectivity index (χ3n) is 4.34. The molecule has 3 unspecified atom stereocenters. The van der Waals surface area contributed by atoms with Crippen molar-refractivity contribution in [1.29, 1.82) is 0 Å². The first-order valence-electron chi connectivity index (χ1n) is 8.37. The molecule has 2 rings (SSSR count). The van der Waals surface area contributed by atoms with Gasteiger partial charge in [0, 0.05) is 18.3 Å². The molecule has 1 aliphatic rings. The van der Waals surface area contributed by atoms with Gasteiger partial charge in [-0.15, -0.1) is 0 Å². The van der Waals surface area contributed by atoms with E-state index in [9.17, 15) is 18.0 Å². The maximum atomic E-state index is 12.1. The van der Waals surface area contributed by atoms with Crippen molar-refractivity contribution >= 4 is 22.0 Å². The zero-order valence-corrected chi connectivity index (χ0v) is 15.4. The summed E-state index contributed by atoms with van der Waals surface area (Å²) < 4.78 is 28.6. The van der Waals surface area contributed by atoms with Crippen LogP contribution in [0.4, 0.5) is 9.59 Å². The summed E-state index contributed by atoms with van der Waals surface area (Å²) in [4.78, 5) is 22.9. The van der Waals surface area contributed by atoms with E-state index in [0.29, 0.717) is 19.3 Å². The number of benzene rings is 1. The number of nitrogens with one attached hydrogen (secondary N) is 2. The van der Waals surface area contributed by atoms with Gasteiger partial charge in [-0.2, -0.15) is 0 Å². The van der Waals surface area contributed by atoms with Crippen molar-refractivity contribution in [3.63, 3.8) is 0 Å². The molecule has 1 fully saturated rings. The van der Waals surface area contributed by atoms with Crippen molar-refractivity contribution in [2.24, 2.45) is 5.92 Å². The molecule has 0 aliphatic heterocycles. The number of carboxylic acid groups (broad SMARTS) is 1. The lowest BCUT2D eigenvalue weighted by atomic mass is 9.82. The van der Waals surface area contributed by atoms with Crippen LogP contribution < -0.4 is 10.6 Å². The van der Waals surface area contributed by atoms with E-state index in [0.717, 1.165) is 11.8 Å². The van der Waals surface area contributed by atoms with Gasteiger partial charge >= 0.3 is 12.2 Å². The molecule has 3 N–H and O–H groups in total. The molecule has 0 heterocycles. The van der Waals surface area contributed by atoms with Crippen molar-refractivity contribution in [3.05, 3.63) is 35.9 Å². The van der Waals surface area contributed by atoms with Crippen LogP contribution in [0, 0.1) is 5.92 Å². The van der Waals surface area contributed by atoms with Gasteiger partial charge in [0.1, 0.15) is 16.4 Å². The maximum absolute atomic E-state index is 12.1. The second-order valence-corrected chi connectivity index (χ2v) is 8.81. The molecule has 0 spiro atoms. The molecule has 0 radical (unpaired) electrons. The summed E-state index contributed by atoms with van der Waals surface area (Å²) in [7, 11) is -3.27. The Morgan fingerprint density at radius 3 is 2.50 bits per heavy atom. The summed E-state index contributed by atoms with van der Waals surface area (Å²) >= 11 is 0. The van der Waals surface area contributed by atoms with Crippen LogP contribution in [0.2, 0.25) is 0 Å². The zero-order valence-electron chi connectivity index (χ0n) is 14.6. The molecule has 26 heavy (non-hydrogen) atoms. The number of alkyl carbamates (subject to hydrolysis) is 1. The number of hydrogen-bond acceptors (Lipinski definition) is 5. The van der Waals surface area contributed by atoms with Crippen molar-refractivity contribution in [2.75, 3.05) is 12.0 Å². The molecule has 8 nitrogen and oxygen atoms in total. The highest BCUT2D eigenvalue weighted by Gasteiger charge is 2.34. The lowest BCUT2D eigenvalue weighted by molar-refractivity contribution is 0.124. The van der Waals surface area contributed by atoms with Crippen molar-refractivity contribution in [2.45, 2.75) is 38.0 Å². The van der Waals surface area contributed by atoms with Crippen LogP contribution >= 0.6 is 0 Å². The highest BCUT2D eigenvalue weighted by molar-refractivity contribution is 7.90. The van der Waals surface area contributed by atoms with E-state index in [2.05, 4.69) is 10.6 Å². The summed E-state index contributed by atoms with van der Waals surface area (Å²) in [6.45, 7) is 0.124.